The molecule has 1 aromatic carbocycles. The summed E-state index contributed by atoms with van der Waals surface area (Å²) in [6.07, 6.45) is -2.95. The van der Waals surface area contributed by atoms with Crippen molar-refractivity contribution in [2.75, 3.05) is 12.4 Å². The molecule has 0 aliphatic rings. The van der Waals surface area contributed by atoms with E-state index in [1.54, 1.807) is 54.2 Å². The van der Waals surface area contributed by atoms with E-state index in [0.717, 1.165) is 0 Å². The Morgan fingerprint density at radius 3 is 2.62 bits per heavy atom. The third kappa shape index (κ3) is 2.85. The first-order chi connectivity index (χ1) is 12.4. The van der Waals surface area contributed by atoms with Gasteiger partial charge in [-0.2, -0.15) is 18.2 Å². The van der Waals surface area contributed by atoms with Crippen LogP contribution in [-0.4, -0.2) is 31.8 Å². The summed E-state index contributed by atoms with van der Waals surface area (Å²) >= 11 is 0. The average Bonchev–Trinajstić information content (AvgIpc) is 3.28. The fourth-order valence-electron chi connectivity index (χ4n) is 2.43. The van der Waals surface area contributed by atoms with Gasteiger partial charge in [0.15, 0.2) is 5.65 Å². The van der Waals surface area contributed by atoms with Gasteiger partial charge >= 0.3 is 12.1 Å². The van der Waals surface area contributed by atoms with E-state index in [0.29, 0.717) is 28.3 Å². The number of fused-ring (bicyclic) bond motifs is 1. The van der Waals surface area contributed by atoms with E-state index < -0.39 is 12.1 Å². The molecule has 0 aliphatic carbocycles. The molecule has 0 fully saturated rings. The van der Waals surface area contributed by atoms with Crippen LogP contribution < -0.4 is 5.32 Å². The van der Waals surface area contributed by atoms with E-state index in [4.69, 9.17) is 0 Å². The minimum atomic E-state index is -4.68. The van der Waals surface area contributed by atoms with Crippen molar-refractivity contribution < 1.29 is 17.7 Å². The quantitative estimate of drug-likeness (QED) is 0.602. The van der Waals surface area contributed by atoms with Gasteiger partial charge in [-0.3, -0.25) is 0 Å². The molecule has 0 saturated heterocycles. The van der Waals surface area contributed by atoms with Crippen LogP contribution in [0.1, 0.15) is 5.89 Å². The lowest BCUT2D eigenvalue weighted by atomic mass is 10.1. The van der Waals surface area contributed by atoms with Crippen LogP contribution >= 0.6 is 0 Å². The third-order valence-electron chi connectivity index (χ3n) is 3.66. The fraction of sp³-hybridized carbons (Fsp3) is 0.125. The van der Waals surface area contributed by atoms with Crippen LogP contribution in [-0.2, 0) is 6.18 Å². The summed E-state index contributed by atoms with van der Waals surface area (Å²) in [5.41, 5.74) is 2.34. The first-order valence-corrected chi connectivity index (χ1v) is 7.50. The Morgan fingerprint density at radius 1 is 1.08 bits per heavy atom. The second-order valence-electron chi connectivity index (χ2n) is 5.40. The third-order valence-corrected chi connectivity index (χ3v) is 3.66. The number of nitrogens with one attached hydrogen (secondary N) is 1. The number of nitrogens with zero attached hydrogens (tertiary/aromatic N) is 5. The Labute approximate surface area is 144 Å². The molecule has 0 saturated carbocycles. The zero-order chi connectivity index (χ0) is 18.3. The first-order valence-electron chi connectivity index (χ1n) is 7.50. The van der Waals surface area contributed by atoms with Crippen molar-refractivity contribution in [2.45, 2.75) is 6.18 Å². The molecule has 3 heterocycles. The maximum Gasteiger partial charge on any atom is 0.471 e. The standard InChI is InChI=1S/C16H11F3N6O/c1-20-12-5-6-13-21-11(8-25(13)23-12)9-3-2-4-10(7-9)14-22-15(26-24-14)16(17,18)19/h2-8H,1H3,(H,20,23). The van der Waals surface area contributed by atoms with Crippen molar-refractivity contribution in [3.63, 3.8) is 0 Å². The molecule has 0 bridgehead atoms. The molecule has 1 N–H and O–H groups in total. The molecule has 4 aromatic rings. The van der Waals surface area contributed by atoms with Crippen LogP contribution in [0.4, 0.5) is 19.0 Å². The molecule has 0 atom stereocenters. The molecule has 0 unspecified atom stereocenters. The maximum atomic E-state index is 12.6. The molecule has 3 aromatic heterocycles. The normalized spacial score (nSPS) is 11.8. The lowest BCUT2D eigenvalue weighted by Crippen LogP contribution is -2.04. The van der Waals surface area contributed by atoms with Crippen LogP contribution in [0.3, 0.4) is 0 Å². The molecule has 4 rings (SSSR count). The zero-order valence-electron chi connectivity index (χ0n) is 13.3. The number of alkyl halides is 3. The van der Waals surface area contributed by atoms with Crippen molar-refractivity contribution in [1.29, 1.82) is 0 Å². The van der Waals surface area contributed by atoms with Crippen molar-refractivity contribution in [3.8, 4) is 22.6 Å². The van der Waals surface area contributed by atoms with Gasteiger partial charge in [0, 0.05) is 18.2 Å². The predicted octanol–water partition coefficient (Wildman–Crippen LogP) is 3.51. The number of benzene rings is 1. The summed E-state index contributed by atoms with van der Waals surface area (Å²) in [5.74, 6) is -0.838. The number of hydrogen-bond donors (Lipinski definition) is 1. The predicted molar refractivity (Wildman–Crippen MR) is 86.3 cm³/mol. The maximum absolute atomic E-state index is 12.6. The number of halogens is 3. The SMILES string of the molecule is CNc1ccc2nc(-c3cccc(-c4noc(C(F)(F)F)n4)c3)cn2n1. The highest BCUT2D eigenvalue weighted by Crippen LogP contribution is 2.30. The van der Waals surface area contributed by atoms with Gasteiger partial charge in [-0.15, -0.1) is 5.10 Å². The van der Waals surface area contributed by atoms with E-state index in [9.17, 15) is 13.2 Å². The van der Waals surface area contributed by atoms with Gasteiger partial charge in [-0.05, 0) is 18.2 Å². The summed E-state index contributed by atoms with van der Waals surface area (Å²) in [5, 5.41) is 10.7. The Balaban J connectivity index is 1.73. The van der Waals surface area contributed by atoms with Gasteiger partial charge in [0.05, 0.1) is 11.9 Å². The average molecular weight is 360 g/mol. The van der Waals surface area contributed by atoms with Gasteiger partial charge in [-0.25, -0.2) is 9.50 Å². The lowest BCUT2D eigenvalue weighted by molar-refractivity contribution is -0.159. The van der Waals surface area contributed by atoms with Crippen LogP contribution in [0.15, 0.2) is 47.1 Å². The van der Waals surface area contributed by atoms with E-state index in [1.807, 2.05) is 0 Å². The fourth-order valence-corrected chi connectivity index (χ4v) is 2.43. The van der Waals surface area contributed by atoms with Crippen LogP contribution in [0.2, 0.25) is 0 Å². The van der Waals surface area contributed by atoms with E-state index in [1.165, 1.54) is 0 Å². The largest absolute Gasteiger partial charge is 0.471 e. The van der Waals surface area contributed by atoms with Crippen molar-refractivity contribution in [2.24, 2.45) is 0 Å². The summed E-state index contributed by atoms with van der Waals surface area (Å²) in [7, 11) is 1.76. The molecular formula is C16H11F3N6O. The van der Waals surface area contributed by atoms with Crippen molar-refractivity contribution in [3.05, 3.63) is 48.5 Å². The summed E-state index contributed by atoms with van der Waals surface area (Å²) < 4.78 is 43.8. The van der Waals surface area contributed by atoms with E-state index in [-0.39, 0.29) is 5.82 Å². The van der Waals surface area contributed by atoms with E-state index in [2.05, 4.69) is 30.1 Å². The number of rotatable bonds is 3. The molecule has 7 nitrogen and oxygen atoms in total. The highest BCUT2D eigenvalue weighted by Gasteiger charge is 2.38. The Kier molecular flexibility index (Phi) is 3.60. The summed E-state index contributed by atoms with van der Waals surface area (Å²) in [6.45, 7) is 0. The van der Waals surface area contributed by atoms with Crippen molar-refractivity contribution in [1.82, 2.24) is 24.7 Å². The number of hydrogen-bond acceptors (Lipinski definition) is 6. The Morgan fingerprint density at radius 2 is 1.88 bits per heavy atom. The van der Waals surface area contributed by atoms with Gasteiger partial charge < -0.3 is 9.84 Å². The number of imidazole rings is 1. The molecule has 0 spiro atoms. The Bertz CT molecular complexity index is 1080. The number of anilines is 1. The second-order valence-corrected chi connectivity index (χ2v) is 5.40. The van der Waals surface area contributed by atoms with Crippen molar-refractivity contribution >= 4 is 11.5 Å². The zero-order valence-corrected chi connectivity index (χ0v) is 13.3. The number of aromatic nitrogens is 5. The molecular weight excluding hydrogens is 349 g/mol. The summed E-state index contributed by atoms with van der Waals surface area (Å²) in [6, 6.07) is 10.3. The summed E-state index contributed by atoms with van der Waals surface area (Å²) in [4.78, 5) is 7.87. The highest BCUT2D eigenvalue weighted by molar-refractivity contribution is 5.69. The van der Waals surface area contributed by atoms with Gasteiger partial charge in [0.2, 0.25) is 5.82 Å². The molecule has 132 valence electrons. The van der Waals surface area contributed by atoms with Gasteiger partial charge in [0.25, 0.3) is 0 Å². The van der Waals surface area contributed by atoms with Crippen LogP contribution in [0, 0.1) is 0 Å². The van der Waals surface area contributed by atoms with Gasteiger partial charge in [0.1, 0.15) is 5.82 Å². The minimum Gasteiger partial charge on any atom is -0.372 e. The topological polar surface area (TPSA) is 81.1 Å². The molecule has 0 amide bonds. The molecule has 26 heavy (non-hydrogen) atoms. The molecule has 10 heteroatoms. The van der Waals surface area contributed by atoms with Gasteiger partial charge in [-0.1, -0.05) is 23.4 Å². The first kappa shape index (κ1) is 16.1. The van der Waals surface area contributed by atoms with E-state index >= 15 is 0 Å². The lowest BCUT2D eigenvalue weighted by Gasteiger charge is -1.99. The smallest absolute Gasteiger partial charge is 0.372 e. The Hall–Kier alpha value is -3.43. The second kappa shape index (κ2) is 5.83. The highest BCUT2D eigenvalue weighted by atomic mass is 19.4. The molecule has 0 radical (unpaired) electrons. The molecule has 0 aliphatic heterocycles. The van der Waals surface area contributed by atoms with Crippen LogP contribution in [0.5, 0.6) is 0 Å². The monoisotopic (exact) mass is 360 g/mol. The van der Waals surface area contributed by atoms with Crippen LogP contribution in [0.25, 0.3) is 28.3 Å². The minimum absolute atomic E-state index is 0.140.